The number of amides is 1. The Balaban J connectivity index is 2.12. The number of halogens is 2. The standard InChI is InChI=1S/C16H15Cl2NO3/c1-2-21-10-22-13-9-8-12(14(17)15(13)18)19-16(20)11-6-4-3-5-7-11/h3-9H,2,10H2,1H3,(H,19,20). The van der Waals surface area contributed by atoms with Gasteiger partial charge in [0.15, 0.2) is 6.79 Å². The lowest BCUT2D eigenvalue weighted by molar-refractivity contribution is 0.0225. The van der Waals surface area contributed by atoms with Gasteiger partial charge in [0.2, 0.25) is 0 Å². The first kappa shape index (κ1) is 16.6. The van der Waals surface area contributed by atoms with Crippen LogP contribution in [0, 0.1) is 0 Å². The van der Waals surface area contributed by atoms with Crippen LogP contribution < -0.4 is 10.1 Å². The number of hydrogen-bond acceptors (Lipinski definition) is 3. The van der Waals surface area contributed by atoms with Crippen molar-refractivity contribution in [2.45, 2.75) is 6.92 Å². The molecule has 1 N–H and O–H groups in total. The summed E-state index contributed by atoms with van der Waals surface area (Å²) in [7, 11) is 0. The summed E-state index contributed by atoms with van der Waals surface area (Å²) in [6.45, 7) is 2.49. The minimum absolute atomic E-state index is 0.0856. The molecule has 0 radical (unpaired) electrons. The predicted molar refractivity (Wildman–Crippen MR) is 88.0 cm³/mol. The van der Waals surface area contributed by atoms with E-state index in [-0.39, 0.29) is 22.7 Å². The highest BCUT2D eigenvalue weighted by Crippen LogP contribution is 2.37. The summed E-state index contributed by atoms with van der Waals surface area (Å²) in [5.74, 6) is 0.138. The normalized spacial score (nSPS) is 10.3. The first-order valence-electron chi connectivity index (χ1n) is 6.68. The van der Waals surface area contributed by atoms with Crippen LogP contribution in [0.4, 0.5) is 5.69 Å². The Morgan fingerprint density at radius 1 is 1.09 bits per heavy atom. The molecule has 0 heterocycles. The Morgan fingerprint density at radius 3 is 2.50 bits per heavy atom. The third-order valence-electron chi connectivity index (χ3n) is 2.83. The number of benzene rings is 2. The molecule has 2 rings (SSSR count). The molecular weight excluding hydrogens is 325 g/mol. The maximum Gasteiger partial charge on any atom is 0.255 e. The van der Waals surface area contributed by atoms with Gasteiger partial charge in [0.25, 0.3) is 5.91 Å². The Morgan fingerprint density at radius 2 is 1.82 bits per heavy atom. The second-order valence-electron chi connectivity index (χ2n) is 4.31. The molecule has 0 aliphatic rings. The van der Waals surface area contributed by atoms with Crippen molar-refractivity contribution in [3.05, 3.63) is 58.1 Å². The van der Waals surface area contributed by atoms with Crippen molar-refractivity contribution in [1.29, 1.82) is 0 Å². The Hall–Kier alpha value is -1.75. The van der Waals surface area contributed by atoms with Crippen LogP contribution in [-0.2, 0) is 4.74 Å². The van der Waals surface area contributed by atoms with Crippen molar-refractivity contribution in [2.75, 3.05) is 18.7 Å². The number of anilines is 1. The van der Waals surface area contributed by atoms with Crippen molar-refractivity contribution in [3.63, 3.8) is 0 Å². The molecule has 0 aromatic heterocycles. The van der Waals surface area contributed by atoms with E-state index in [1.54, 1.807) is 36.4 Å². The van der Waals surface area contributed by atoms with E-state index in [0.717, 1.165) is 0 Å². The molecule has 2 aromatic carbocycles. The van der Waals surface area contributed by atoms with E-state index in [4.69, 9.17) is 32.7 Å². The first-order valence-corrected chi connectivity index (χ1v) is 7.44. The summed E-state index contributed by atoms with van der Waals surface area (Å²) in [5.41, 5.74) is 0.954. The monoisotopic (exact) mass is 339 g/mol. The molecule has 0 saturated heterocycles. The minimum atomic E-state index is -0.262. The second kappa shape index (κ2) is 8.03. The maximum absolute atomic E-state index is 12.1. The molecule has 0 atom stereocenters. The molecule has 0 aliphatic carbocycles. The first-order chi connectivity index (χ1) is 10.6. The van der Waals surface area contributed by atoms with Crippen LogP contribution in [0.25, 0.3) is 0 Å². The molecule has 116 valence electrons. The van der Waals surface area contributed by atoms with E-state index in [1.807, 2.05) is 13.0 Å². The quantitative estimate of drug-likeness (QED) is 0.617. The number of carbonyl (C=O) groups excluding carboxylic acids is 1. The molecule has 4 nitrogen and oxygen atoms in total. The molecule has 0 spiro atoms. The van der Waals surface area contributed by atoms with Gasteiger partial charge in [-0.05, 0) is 31.2 Å². The number of carbonyl (C=O) groups is 1. The maximum atomic E-state index is 12.1. The zero-order chi connectivity index (χ0) is 15.9. The van der Waals surface area contributed by atoms with E-state index in [0.29, 0.717) is 23.6 Å². The van der Waals surface area contributed by atoms with Crippen molar-refractivity contribution < 1.29 is 14.3 Å². The van der Waals surface area contributed by atoms with Crippen LogP contribution in [0.3, 0.4) is 0 Å². The van der Waals surface area contributed by atoms with Crippen LogP contribution in [0.2, 0.25) is 10.0 Å². The van der Waals surface area contributed by atoms with Gasteiger partial charge in [0.05, 0.1) is 10.7 Å². The zero-order valence-corrected chi connectivity index (χ0v) is 13.4. The molecular formula is C16H15Cl2NO3. The lowest BCUT2D eigenvalue weighted by Crippen LogP contribution is -2.12. The van der Waals surface area contributed by atoms with E-state index in [1.165, 1.54) is 0 Å². The van der Waals surface area contributed by atoms with Crippen LogP contribution >= 0.6 is 23.2 Å². The van der Waals surface area contributed by atoms with Crippen LogP contribution in [-0.4, -0.2) is 19.3 Å². The number of rotatable bonds is 6. The third-order valence-corrected chi connectivity index (χ3v) is 3.70. The van der Waals surface area contributed by atoms with Crippen molar-refractivity contribution in [3.8, 4) is 5.75 Å². The SMILES string of the molecule is CCOCOc1ccc(NC(=O)c2ccccc2)c(Cl)c1Cl. The highest BCUT2D eigenvalue weighted by atomic mass is 35.5. The van der Waals surface area contributed by atoms with E-state index in [2.05, 4.69) is 5.32 Å². The van der Waals surface area contributed by atoms with Gasteiger partial charge in [-0.25, -0.2) is 0 Å². The van der Waals surface area contributed by atoms with Gasteiger partial charge < -0.3 is 14.8 Å². The summed E-state index contributed by atoms with van der Waals surface area (Å²) >= 11 is 12.3. The summed E-state index contributed by atoms with van der Waals surface area (Å²) in [6.07, 6.45) is 0. The van der Waals surface area contributed by atoms with Crippen LogP contribution in [0.5, 0.6) is 5.75 Å². The molecule has 0 bridgehead atoms. The summed E-state index contributed by atoms with van der Waals surface area (Å²) < 4.78 is 10.4. The average molecular weight is 340 g/mol. The van der Waals surface area contributed by atoms with Gasteiger partial charge in [0.1, 0.15) is 10.8 Å². The molecule has 2 aromatic rings. The topological polar surface area (TPSA) is 47.6 Å². The van der Waals surface area contributed by atoms with Crippen LogP contribution in [0.15, 0.2) is 42.5 Å². The summed E-state index contributed by atoms with van der Waals surface area (Å²) in [6, 6.07) is 12.1. The summed E-state index contributed by atoms with van der Waals surface area (Å²) in [4.78, 5) is 12.1. The molecule has 22 heavy (non-hydrogen) atoms. The molecule has 0 aliphatic heterocycles. The van der Waals surface area contributed by atoms with Gasteiger partial charge in [-0.1, -0.05) is 41.4 Å². The highest BCUT2D eigenvalue weighted by Gasteiger charge is 2.14. The van der Waals surface area contributed by atoms with E-state index >= 15 is 0 Å². The van der Waals surface area contributed by atoms with Gasteiger partial charge in [0, 0.05) is 12.2 Å². The molecule has 0 saturated carbocycles. The lowest BCUT2D eigenvalue weighted by atomic mass is 10.2. The van der Waals surface area contributed by atoms with Gasteiger partial charge in [-0.2, -0.15) is 0 Å². The Bertz CT molecular complexity index is 647. The lowest BCUT2D eigenvalue weighted by Gasteiger charge is -2.12. The Kier molecular flexibility index (Phi) is 6.07. The van der Waals surface area contributed by atoms with Gasteiger partial charge in [-0.3, -0.25) is 4.79 Å². The van der Waals surface area contributed by atoms with E-state index in [9.17, 15) is 4.79 Å². The fourth-order valence-corrected chi connectivity index (χ4v) is 2.13. The zero-order valence-electron chi connectivity index (χ0n) is 11.9. The van der Waals surface area contributed by atoms with Crippen molar-refractivity contribution >= 4 is 34.8 Å². The van der Waals surface area contributed by atoms with Gasteiger partial charge in [-0.15, -0.1) is 0 Å². The van der Waals surface area contributed by atoms with Crippen molar-refractivity contribution in [2.24, 2.45) is 0 Å². The van der Waals surface area contributed by atoms with Crippen molar-refractivity contribution in [1.82, 2.24) is 0 Å². The smallest absolute Gasteiger partial charge is 0.255 e. The fourth-order valence-electron chi connectivity index (χ4n) is 1.71. The number of nitrogens with one attached hydrogen (secondary N) is 1. The Labute approximate surface area is 138 Å². The van der Waals surface area contributed by atoms with Crippen LogP contribution in [0.1, 0.15) is 17.3 Å². The minimum Gasteiger partial charge on any atom is -0.466 e. The summed E-state index contributed by atoms with van der Waals surface area (Å²) in [5, 5.41) is 3.17. The fraction of sp³-hybridized carbons (Fsp3) is 0.188. The highest BCUT2D eigenvalue weighted by molar-refractivity contribution is 6.45. The molecule has 0 fully saturated rings. The number of hydrogen-bond donors (Lipinski definition) is 1. The van der Waals surface area contributed by atoms with Gasteiger partial charge >= 0.3 is 0 Å². The van der Waals surface area contributed by atoms with E-state index < -0.39 is 0 Å². The third kappa shape index (κ3) is 4.13. The largest absolute Gasteiger partial charge is 0.466 e. The molecule has 6 heteroatoms. The molecule has 0 unspecified atom stereocenters. The number of ether oxygens (including phenoxy) is 2. The average Bonchev–Trinajstić information content (AvgIpc) is 2.55. The predicted octanol–water partition coefficient (Wildman–Crippen LogP) is 4.62. The second-order valence-corrected chi connectivity index (χ2v) is 5.07. The molecule has 1 amide bonds.